The van der Waals surface area contributed by atoms with Gasteiger partial charge in [0.15, 0.2) is 0 Å². The molecule has 1 rings (SSSR count). The highest BCUT2D eigenvalue weighted by Crippen LogP contribution is 1.95. The van der Waals surface area contributed by atoms with Gasteiger partial charge < -0.3 is 10.3 Å². The van der Waals surface area contributed by atoms with Gasteiger partial charge in [0, 0.05) is 18.9 Å². The molecule has 56 valence electrons. The predicted molar refractivity (Wildman–Crippen MR) is 40.6 cm³/mol. The maximum absolute atomic E-state index is 5.36. The van der Waals surface area contributed by atoms with Crippen LogP contribution in [0, 0.1) is 6.92 Å². The van der Waals surface area contributed by atoms with E-state index in [1.807, 2.05) is 19.3 Å². The zero-order valence-corrected chi connectivity index (χ0v) is 6.25. The standard InChI is InChI=1S/C7H13N3/c1-7-9-4-6-10(7)5-2-3-8/h4,6H,2-3,5,8H2,1H3. The summed E-state index contributed by atoms with van der Waals surface area (Å²) in [4.78, 5) is 4.09. The first-order valence-corrected chi connectivity index (χ1v) is 3.52. The van der Waals surface area contributed by atoms with Gasteiger partial charge in [-0.1, -0.05) is 0 Å². The first-order chi connectivity index (χ1) is 4.84. The van der Waals surface area contributed by atoms with Gasteiger partial charge >= 0.3 is 0 Å². The molecule has 0 atom stereocenters. The number of aryl methyl sites for hydroxylation is 2. The molecule has 0 spiro atoms. The molecule has 0 aliphatic rings. The number of nitrogens with zero attached hydrogens (tertiary/aromatic N) is 2. The predicted octanol–water partition coefficient (Wildman–Crippen LogP) is 0.540. The van der Waals surface area contributed by atoms with Crippen molar-refractivity contribution < 1.29 is 0 Å². The molecular weight excluding hydrogens is 126 g/mol. The van der Waals surface area contributed by atoms with Crippen molar-refractivity contribution in [2.24, 2.45) is 5.73 Å². The van der Waals surface area contributed by atoms with Gasteiger partial charge in [0.1, 0.15) is 5.82 Å². The Labute approximate surface area is 60.9 Å². The molecule has 0 bridgehead atoms. The molecule has 2 N–H and O–H groups in total. The first kappa shape index (κ1) is 7.28. The van der Waals surface area contributed by atoms with Crippen LogP contribution in [0.15, 0.2) is 12.4 Å². The summed E-state index contributed by atoms with van der Waals surface area (Å²) in [6.45, 7) is 3.73. The monoisotopic (exact) mass is 139 g/mol. The molecule has 1 aromatic rings. The Hall–Kier alpha value is -0.830. The molecule has 0 amide bonds. The molecule has 0 fully saturated rings. The van der Waals surface area contributed by atoms with Gasteiger partial charge in [0.2, 0.25) is 0 Å². The van der Waals surface area contributed by atoms with E-state index in [2.05, 4.69) is 9.55 Å². The second-order valence-corrected chi connectivity index (χ2v) is 2.31. The van der Waals surface area contributed by atoms with Crippen molar-refractivity contribution in [2.75, 3.05) is 6.54 Å². The highest BCUT2D eigenvalue weighted by atomic mass is 15.0. The molecule has 0 unspecified atom stereocenters. The number of aromatic nitrogens is 2. The Morgan fingerprint density at radius 1 is 1.70 bits per heavy atom. The third-order valence-electron chi connectivity index (χ3n) is 1.53. The first-order valence-electron chi connectivity index (χ1n) is 3.52. The summed E-state index contributed by atoms with van der Waals surface area (Å²) < 4.78 is 2.10. The molecular formula is C7H13N3. The Kier molecular flexibility index (Phi) is 2.45. The maximum atomic E-state index is 5.36. The summed E-state index contributed by atoms with van der Waals surface area (Å²) in [6.07, 6.45) is 4.81. The van der Waals surface area contributed by atoms with Crippen molar-refractivity contribution in [3.05, 3.63) is 18.2 Å². The molecule has 0 aromatic carbocycles. The summed E-state index contributed by atoms with van der Waals surface area (Å²) in [5, 5.41) is 0. The maximum Gasteiger partial charge on any atom is 0.105 e. The normalized spacial score (nSPS) is 10.2. The number of imidazole rings is 1. The lowest BCUT2D eigenvalue weighted by Gasteiger charge is -2.01. The number of rotatable bonds is 3. The highest BCUT2D eigenvalue weighted by molar-refractivity contribution is 4.87. The third kappa shape index (κ3) is 1.57. The summed E-state index contributed by atoms with van der Waals surface area (Å²) in [6, 6.07) is 0. The molecule has 10 heavy (non-hydrogen) atoms. The van der Waals surface area contributed by atoms with Crippen LogP contribution in [0.25, 0.3) is 0 Å². The molecule has 0 aliphatic carbocycles. The van der Waals surface area contributed by atoms with Crippen molar-refractivity contribution in [1.82, 2.24) is 9.55 Å². The van der Waals surface area contributed by atoms with E-state index in [1.54, 1.807) is 0 Å². The molecule has 0 radical (unpaired) electrons. The van der Waals surface area contributed by atoms with Gasteiger partial charge in [0.05, 0.1) is 0 Å². The van der Waals surface area contributed by atoms with E-state index in [1.165, 1.54) is 0 Å². The van der Waals surface area contributed by atoms with E-state index in [9.17, 15) is 0 Å². The fourth-order valence-electron chi connectivity index (χ4n) is 0.902. The van der Waals surface area contributed by atoms with Gasteiger partial charge in [-0.05, 0) is 19.9 Å². The van der Waals surface area contributed by atoms with E-state index in [0.29, 0.717) is 0 Å². The summed E-state index contributed by atoms with van der Waals surface area (Å²) in [5.41, 5.74) is 5.36. The molecule has 0 aliphatic heterocycles. The second kappa shape index (κ2) is 3.37. The Balaban J connectivity index is 2.49. The topological polar surface area (TPSA) is 43.8 Å². The summed E-state index contributed by atoms with van der Waals surface area (Å²) >= 11 is 0. The van der Waals surface area contributed by atoms with Gasteiger partial charge in [0.25, 0.3) is 0 Å². The second-order valence-electron chi connectivity index (χ2n) is 2.31. The molecule has 0 saturated heterocycles. The average Bonchev–Trinajstić information content (AvgIpc) is 2.31. The highest BCUT2D eigenvalue weighted by Gasteiger charge is 1.93. The lowest BCUT2D eigenvalue weighted by Crippen LogP contribution is -2.06. The smallest absolute Gasteiger partial charge is 0.105 e. The minimum atomic E-state index is 0.748. The van der Waals surface area contributed by atoms with E-state index in [0.717, 1.165) is 25.3 Å². The SMILES string of the molecule is Cc1nccn1CCCN. The van der Waals surface area contributed by atoms with Gasteiger partial charge in [-0.3, -0.25) is 0 Å². The van der Waals surface area contributed by atoms with Crippen LogP contribution >= 0.6 is 0 Å². The largest absolute Gasteiger partial charge is 0.335 e. The van der Waals surface area contributed by atoms with Crippen LogP contribution in [0.1, 0.15) is 12.2 Å². The third-order valence-corrected chi connectivity index (χ3v) is 1.53. The van der Waals surface area contributed by atoms with E-state index in [4.69, 9.17) is 5.73 Å². The van der Waals surface area contributed by atoms with Gasteiger partial charge in [-0.2, -0.15) is 0 Å². The molecule has 1 aromatic heterocycles. The summed E-state index contributed by atoms with van der Waals surface area (Å²) in [5.74, 6) is 1.06. The van der Waals surface area contributed by atoms with Crippen molar-refractivity contribution in [3.8, 4) is 0 Å². The fraction of sp³-hybridized carbons (Fsp3) is 0.571. The van der Waals surface area contributed by atoms with Crippen LogP contribution in [0.3, 0.4) is 0 Å². The van der Waals surface area contributed by atoms with Crippen molar-refractivity contribution >= 4 is 0 Å². The number of hydrogen-bond acceptors (Lipinski definition) is 2. The van der Waals surface area contributed by atoms with Crippen LogP contribution in [0.2, 0.25) is 0 Å². The van der Waals surface area contributed by atoms with Crippen LogP contribution in [0.4, 0.5) is 0 Å². The quantitative estimate of drug-likeness (QED) is 0.664. The van der Waals surface area contributed by atoms with Gasteiger partial charge in [-0.25, -0.2) is 4.98 Å². The lowest BCUT2D eigenvalue weighted by molar-refractivity contribution is 0.633. The van der Waals surface area contributed by atoms with Crippen molar-refractivity contribution in [2.45, 2.75) is 19.9 Å². The van der Waals surface area contributed by atoms with Crippen LogP contribution in [-0.2, 0) is 6.54 Å². The van der Waals surface area contributed by atoms with Crippen LogP contribution in [-0.4, -0.2) is 16.1 Å². The Morgan fingerprint density at radius 3 is 3.00 bits per heavy atom. The van der Waals surface area contributed by atoms with Crippen molar-refractivity contribution in [3.63, 3.8) is 0 Å². The molecule has 3 heteroatoms. The van der Waals surface area contributed by atoms with Crippen molar-refractivity contribution in [1.29, 1.82) is 0 Å². The van der Waals surface area contributed by atoms with Crippen LogP contribution < -0.4 is 5.73 Å². The zero-order chi connectivity index (χ0) is 7.40. The Morgan fingerprint density at radius 2 is 2.50 bits per heavy atom. The van der Waals surface area contributed by atoms with E-state index < -0.39 is 0 Å². The fourth-order valence-corrected chi connectivity index (χ4v) is 0.902. The minimum absolute atomic E-state index is 0.748. The molecule has 3 nitrogen and oxygen atoms in total. The molecule has 1 heterocycles. The van der Waals surface area contributed by atoms with E-state index >= 15 is 0 Å². The lowest BCUT2D eigenvalue weighted by atomic mass is 10.4. The van der Waals surface area contributed by atoms with E-state index in [-0.39, 0.29) is 0 Å². The number of hydrogen-bond donors (Lipinski definition) is 1. The number of nitrogens with two attached hydrogens (primary N) is 1. The summed E-state index contributed by atoms with van der Waals surface area (Å²) in [7, 11) is 0. The average molecular weight is 139 g/mol. The minimum Gasteiger partial charge on any atom is -0.335 e. The van der Waals surface area contributed by atoms with Crippen LogP contribution in [0.5, 0.6) is 0 Å². The Bertz CT molecular complexity index is 192. The van der Waals surface area contributed by atoms with Gasteiger partial charge in [-0.15, -0.1) is 0 Å². The zero-order valence-electron chi connectivity index (χ0n) is 6.25. The molecule has 0 saturated carbocycles.